The van der Waals surface area contributed by atoms with E-state index in [4.69, 9.17) is 4.42 Å². The summed E-state index contributed by atoms with van der Waals surface area (Å²) in [7, 11) is 0. The first-order chi connectivity index (χ1) is 12.0. The molecule has 1 aromatic heterocycles. The number of benzene rings is 1. The molecular weight excluding hydrogens is 323 g/mol. The number of rotatable bonds is 5. The van der Waals surface area contributed by atoms with Crippen LogP contribution in [0.25, 0.3) is 0 Å². The third-order valence-electron chi connectivity index (χ3n) is 4.51. The van der Waals surface area contributed by atoms with E-state index in [9.17, 15) is 14.0 Å². The van der Waals surface area contributed by atoms with Crippen molar-refractivity contribution in [3.63, 3.8) is 0 Å². The van der Waals surface area contributed by atoms with Crippen molar-refractivity contribution in [1.82, 2.24) is 10.6 Å². The van der Waals surface area contributed by atoms with Crippen molar-refractivity contribution in [2.75, 3.05) is 0 Å². The third kappa shape index (κ3) is 3.57. The lowest BCUT2D eigenvalue weighted by Gasteiger charge is -2.24. The van der Waals surface area contributed by atoms with Crippen LogP contribution in [0.5, 0.6) is 0 Å². The molecule has 0 spiro atoms. The van der Waals surface area contributed by atoms with Gasteiger partial charge in [0.25, 0.3) is 5.91 Å². The van der Waals surface area contributed by atoms with Gasteiger partial charge in [0.2, 0.25) is 5.91 Å². The summed E-state index contributed by atoms with van der Waals surface area (Å²) in [5.41, 5.74) is 1.47. The molecule has 1 heterocycles. The molecule has 1 aliphatic rings. The zero-order valence-electron chi connectivity index (χ0n) is 14.2. The highest BCUT2D eigenvalue weighted by molar-refractivity contribution is 5.95. The van der Waals surface area contributed by atoms with Crippen molar-refractivity contribution in [2.45, 2.75) is 38.8 Å². The average Bonchev–Trinajstić information content (AvgIpc) is 3.23. The number of carbonyl (C=O) groups is 2. The van der Waals surface area contributed by atoms with Crippen molar-refractivity contribution >= 4 is 11.8 Å². The molecule has 5 nitrogen and oxygen atoms in total. The maximum absolute atomic E-state index is 13.8. The smallest absolute Gasteiger partial charge is 0.287 e. The lowest BCUT2D eigenvalue weighted by molar-refractivity contribution is -0.124. The number of furan rings is 1. The molecule has 0 fully saturated rings. The van der Waals surface area contributed by atoms with E-state index in [-0.39, 0.29) is 29.4 Å². The first-order valence-corrected chi connectivity index (χ1v) is 8.39. The van der Waals surface area contributed by atoms with Crippen LogP contribution >= 0.6 is 0 Å². The molecule has 1 aromatic carbocycles. The van der Waals surface area contributed by atoms with Crippen LogP contribution in [0.2, 0.25) is 0 Å². The number of amides is 2. The highest BCUT2D eigenvalue weighted by Crippen LogP contribution is 2.32. The Morgan fingerprint density at radius 2 is 2.04 bits per heavy atom. The second-order valence-electron chi connectivity index (χ2n) is 6.58. The van der Waals surface area contributed by atoms with Crippen molar-refractivity contribution in [1.29, 1.82) is 0 Å². The molecule has 0 aliphatic heterocycles. The van der Waals surface area contributed by atoms with E-state index < -0.39 is 11.9 Å². The molecule has 2 atom stereocenters. The van der Waals surface area contributed by atoms with Gasteiger partial charge in [-0.1, -0.05) is 26.0 Å². The summed E-state index contributed by atoms with van der Waals surface area (Å²) in [5.74, 6) is -0.895. The highest BCUT2D eigenvalue weighted by Gasteiger charge is 2.31. The molecule has 3 rings (SSSR count). The van der Waals surface area contributed by atoms with E-state index in [0.29, 0.717) is 18.4 Å². The molecule has 2 aromatic rings. The summed E-state index contributed by atoms with van der Waals surface area (Å²) in [6, 6.07) is 7.14. The maximum atomic E-state index is 13.8. The Hall–Kier alpha value is -2.63. The summed E-state index contributed by atoms with van der Waals surface area (Å²) < 4.78 is 18.9. The molecule has 2 amide bonds. The Morgan fingerprint density at radius 1 is 1.24 bits per heavy atom. The normalized spacial score (nSPS) is 17.2. The Balaban J connectivity index is 1.70. The Bertz CT molecular complexity index is 771. The van der Waals surface area contributed by atoms with Crippen LogP contribution in [-0.4, -0.2) is 17.9 Å². The number of hydrogen-bond acceptors (Lipinski definition) is 3. The van der Waals surface area contributed by atoms with Gasteiger partial charge in [0.1, 0.15) is 11.9 Å². The van der Waals surface area contributed by atoms with Crippen molar-refractivity contribution in [2.24, 2.45) is 5.92 Å². The van der Waals surface area contributed by atoms with Gasteiger partial charge < -0.3 is 15.1 Å². The Labute approximate surface area is 145 Å². The van der Waals surface area contributed by atoms with Gasteiger partial charge in [-0.05, 0) is 48.1 Å². The minimum absolute atomic E-state index is 0.104. The van der Waals surface area contributed by atoms with Crippen LogP contribution in [0.3, 0.4) is 0 Å². The lowest BCUT2D eigenvalue weighted by atomic mass is 10.0. The highest BCUT2D eigenvalue weighted by atomic mass is 19.1. The minimum atomic E-state index is -0.699. The SMILES string of the molecule is CC(C)C(NC(=O)c1ccco1)C(=O)NC1CCc2c(F)cccc21. The van der Waals surface area contributed by atoms with Crippen LogP contribution < -0.4 is 10.6 Å². The third-order valence-corrected chi connectivity index (χ3v) is 4.51. The van der Waals surface area contributed by atoms with Crippen molar-refractivity contribution < 1.29 is 18.4 Å². The van der Waals surface area contributed by atoms with E-state index >= 15 is 0 Å². The number of fused-ring (bicyclic) bond motifs is 1. The Morgan fingerprint density at radius 3 is 2.72 bits per heavy atom. The molecule has 132 valence electrons. The van der Waals surface area contributed by atoms with Crippen LogP contribution in [-0.2, 0) is 11.2 Å². The van der Waals surface area contributed by atoms with Gasteiger partial charge in [0.15, 0.2) is 5.76 Å². The summed E-state index contributed by atoms with van der Waals surface area (Å²) in [6.07, 6.45) is 2.65. The predicted molar refractivity (Wildman–Crippen MR) is 90.4 cm³/mol. The molecule has 0 saturated heterocycles. The van der Waals surface area contributed by atoms with Gasteiger partial charge in [-0.2, -0.15) is 0 Å². The standard InChI is InChI=1S/C19H21FN2O3/c1-11(2)17(22-18(23)16-7-4-10-25-16)19(24)21-15-9-8-12-13(15)5-3-6-14(12)20/h3-7,10-11,15,17H,8-9H2,1-2H3,(H,21,24)(H,22,23). The second kappa shape index (κ2) is 7.09. The lowest BCUT2D eigenvalue weighted by Crippen LogP contribution is -2.50. The van der Waals surface area contributed by atoms with Gasteiger partial charge >= 0.3 is 0 Å². The molecule has 25 heavy (non-hydrogen) atoms. The summed E-state index contributed by atoms with van der Waals surface area (Å²) >= 11 is 0. The van der Waals surface area contributed by atoms with E-state index in [1.54, 1.807) is 18.2 Å². The van der Waals surface area contributed by atoms with E-state index in [1.165, 1.54) is 12.3 Å². The van der Waals surface area contributed by atoms with Crippen LogP contribution in [0.1, 0.15) is 48.0 Å². The fourth-order valence-electron chi connectivity index (χ4n) is 3.18. The van der Waals surface area contributed by atoms with E-state index in [0.717, 1.165) is 5.56 Å². The number of halogens is 1. The van der Waals surface area contributed by atoms with E-state index in [1.807, 2.05) is 19.9 Å². The number of carbonyl (C=O) groups excluding carboxylic acids is 2. The quantitative estimate of drug-likeness (QED) is 0.876. The summed E-state index contributed by atoms with van der Waals surface area (Å²) in [4.78, 5) is 24.9. The monoisotopic (exact) mass is 344 g/mol. The maximum Gasteiger partial charge on any atom is 0.287 e. The number of hydrogen-bond donors (Lipinski definition) is 2. The largest absolute Gasteiger partial charge is 0.459 e. The minimum Gasteiger partial charge on any atom is -0.459 e. The first-order valence-electron chi connectivity index (χ1n) is 8.39. The number of nitrogens with one attached hydrogen (secondary N) is 2. The molecule has 2 N–H and O–H groups in total. The molecule has 0 bridgehead atoms. The van der Waals surface area contributed by atoms with Gasteiger partial charge in [-0.15, -0.1) is 0 Å². The first kappa shape index (κ1) is 17.2. The van der Waals surface area contributed by atoms with Crippen molar-refractivity contribution in [3.8, 4) is 0 Å². The molecule has 0 saturated carbocycles. The summed E-state index contributed by atoms with van der Waals surface area (Å²) in [6.45, 7) is 3.71. The van der Waals surface area contributed by atoms with Gasteiger partial charge in [-0.25, -0.2) is 4.39 Å². The fourth-order valence-corrected chi connectivity index (χ4v) is 3.18. The zero-order valence-corrected chi connectivity index (χ0v) is 14.2. The molecule has 1 aliphatic carbocycles. The van der Waals surface area contributed by atoms with Gasteiger partial charge in [-0.3, -0.25) is 9.59 Å². The average molecular weight is 344 g/mol. The van der Waals surface area contributed by atoms with Crippen LogP contribution in [0.15, 0.2) is 41.0 Å². The predicted octanol–water partition coefficient (Wildman–Crippen LogP) is 2.98. The Kier molecular flexibility index (Phi) is 4.88. The molecular formula is C19H21FN2O3. The molecule has 0 radical (unpaired) electrons. The van der Waals surface area contributed by atoms with Gasteiger partial charge in [0.05, 0.1) is 12.3 Å². The fraction of sp³-hybridized carbons (Fsp3) is 0.368. The second-order valence-corrected chi connectivity index (χ2v) is 6.58. The topological polar surface area (TPSA) is 71.3 Å². The summed E-state index contributed by atoms with van der Waals surface area (Å²) in [5, 5.41) is 5.65. The van der Waals surface area contributed by atoms with Crippen LogP contribution in [0.4, 0.5) is 4.39 Å². The van der Waals surface area contributed by atoms with Crippen LogP contribution in [0, 0.1) is 11.7 Å². The van der Waals surface area contributed by atoms with Crippen molar-refractivity contribution in [3.05, 3.63) is 59.3 Å². The molecule has 2 unspecified atom stereocenters. The zero-order chi connectivity index (χ0) is 18.0. The van der Waals surface area contributed by atoms with E-state index in [2.05, 4.69) is 10.6 Å². The van der Waals surface area contributed by atoms with Gasteiger partial charge in [0, 0.05) is 0 Å². The molecule has 6 heteroatoms.